The van der Waals surface area contributed by atoms with Crippen LogP contribution in [0.4, 0.5) is 4.39 Å². The Hall–Kier alpha value is -3.29. The van der Waals surface area contributed by atoms with Gasteiger partial charge in [0.2, 0.25) is 0 Å². The first-order chi connectivity index (χ1) is 14.0. The molecule has 1 saturated heterocycles. The van der Waals surface area contributed by atoms with Crippen LogP contribution in [0.2, 0.25) is 0 Å². The molecule has 8 heteroatoms. The summed E-state index contributed by atoms with van der Waals surface area (Å²) >= 11 is 0. The Morgan fingerprint density at radius 1 is 1.03 bits per heavy atom. The van der Waals surface area contributed by atoms with Gasteiger partial charge < -0.3 is 9.80 Å². The second kappa shape index (κ2) is 7.62. The summed E-state index contributed by atoms with van der Waals surface area (Å²) in [6, 6.07) is 7.80. The molecular formula is C21H22FN5O2. The largest absolute Gasteiger partial charge is 0.337 e. The SMILES string of the molecule is Cc1nn(C)c2ncc(C(=O)N3CCCN(C(=O)c4ccccc4F)CC3)cc12. The van der Waals surface area contributed by atoms with Crippen LogP contribution in [0.5, 0.6) is 0 Å². The highest BCUT2D eigenvalue weighted by Gasteiger charge is 2.25. The van der Waals surface area contributed by atoms with Gasteiger partial charge >= 0.3 is 0 Å². The fourth-order valence-electron chi connectivity index (χ4n) is 3.74. The summed E-state index contributed by atoms with van der Waals surface area (Å²) in [7, 11) is 1.82. The molecular weight excluding hydrogens is 373 g/mol. The standard InChI is InChI=1S/C21H22FN5O2/c1-14-17-12-15(13-23-19(17)25(2)24-14)20(28)26-8-5-9-27(11-10-26)21(29)16-6-3-4-7-18(16)22/h3-4,6-7,12-13H,5,8-11H2,1-2H3. The zero-order valence-electron chi connectivity index (χ0n) is 16.4. The van der Waals surface area contributed by atoms with Gasteiger partial charge in [0.05, 0.1) is 16.8 Å². The van der Waals surface area contributed by atoms with Crippen LogP contribution in [0.15, 0.2) is 36.5 Å². The topological polar surface area (TPSA) is 71.3 Å². The van der Waals surface area contributed by atoms with Crippen molar-refractivity contribution < 1.29 is 14.0 Å². The van der Waals surface area contributed by atoms with Crippen molar-refractivity contribution in [2.75, 3.05) is 26.2 Å². The molecule has 3 aromatic rings. The smallest absolute Gasteiger partial charge is 0.256 e. The third kappa shape index (κ3) is 3.57. The van der Waals surface area contributed by atoms with Crippen molar-refractivity contribution in [2.24, 2.45) is 7.05 Å². The molecule has 4 rings (SSSR count). The van der Waals surface area contributed by atoms with Gasteiger partial charge in [-0.2, -0.15) is 5.10 Å². The van der Waals surface area contributed by atoms with Gasteiger partial charge in [-0.1, -0.05) is 12.1 Å². The van der Waals surface area contributed by atoms with Gasteiger partial charge in [-0.25, -0.2) is 9.37 Å². The average Bonchev–Trinajstić information content (AvgIpc) is 2.89. The number of benzene rings is 1. The first kappa shape index (κ1) is 19.0. The van der Waals surface area contributed by atoms with Gasteiger partial charge in [-0.15, -0.1) is 0 Å². The maximum atomic E-state index is 14.0. The molecule has 0 unspecified atom stereocenters. The Kier molecular flexibility index (Phi) is 5.00. The number of carbonyl (C=O) groups excluding carboxylic acids is 2. The molecule has 0 saturated carbocycles. The number of amides is 2. The van der Waals surface area contributed by atoms with Crippen LogP contribution in [0.25, 0.3) is 11.0 Å². The number of hydrogen-bond donors (Lipinski definition) is 0. The molecule has 0 spiro atoms. The van der Waals surface area contributed by atoms with Gasteiger partial charge in [0, 0.05) is 44.8 Å². The Balaban J connectivity index is 1.50. The monoisotopic (exact) mass is 395 g/mol. The quantitative estimate of drug-likeness (QED) is 0.668. The summed E-state index contributed by atoms with van der Waals surface area (Å²) in [4.78, 5) is 33.4. The van der Waals surface area contributed by atoms with Crippen LogP contribution < -0.4 is 0 Å². The maximum Gasteiger partial charge on any atom is 0.256 e. The van der Waals surface area contributed by atoms with Crippen molar-refractivity contribution in [2.45, 2.75) is 13.3 Å². The number of rotatable bonds is 2. The van der Waals surface area contributed by atoms with E-state index in [0.29, 0.717) is 38.2 Å². The van der Waals surface area contributed by atoms with Gasteiger partial charge in [-0.05, 0) is 31.5 Å². The highest BCUT2D eigenvalue weighted by Crippen LogP contribution is 2.19. The Morgan fingerprint density at radius 3 is 2.45 bits per heavy atom. The van der Waals surface area contributed by atoms with Crippen molar-refractivity contribution in [1.29, 1.82) is 0 Å². The average molecular weight is 395 g/mol. The molecule has 3 heterocycles. The lowest BCUT2D eigenvalue weighted by molar-refractivity contribution is 0.0716. The first-order valence-electron chi connectivity index (χ1n) is 9.58. The van der Waals surface area contributed by atoms with E-state index in [-0.39, 0.29) is 17.4 Å². The van der Waals surface area contributed by atoms with E-state index in [9.17, 15) is 14.0 Å². The van der Waals surface area contributed by atoms with Crippen LogP contribution >= 0.6 is 0 Å². The highest BCUT2D eigenvalue weighted by atomic mass is 19.1. The molecule has 1 aromatic carbocycles. The zero-order chi connectivity index (χ0) is 20.5. The lowest BCUT2D eigenvalue weighted by atomic mass is 10.2. The molecule has 0 N–H and O–H groups in total. The molecule has 1 aliphatic rings. The third-order valence-corrected chi connectivity index (χ3v) is 5.28. The minimum atomic E-state index is -0.527. The number of halogens is 1. The van der Waals surface area contributed by atoms with E-state index in [1.807, 2.05) is 20.0 Å². The predicted octanol–water partition coefficient (Wildman–Crippen LogP) is 2.40. The zero-order valence-corrected chi connectivity index (χ0v) is 16.4. The molecule has 1 aliphatic heterocycles. The van der Waals surface area contributed by atoms with E-state index in [2.05, 4.69) is 10.1 Å². The van der Waals surface area contributed by atoms with Gasteiger partial charge in [0.15, 0.2) is 5.65 Å². The van der Waals surface area contributed by atoms with Gasteiger partial charge in [-0.3, -0.25) is 14.3 Å². The molecule has 0 bridgehead atoms. The minimum absolute atomic E-state index is 0.0639. The van der Waals surface area contributed by atoms with Gasteiger partial charge in [0.25, 0.3) is 11.8 Å². The number of aryl methyl sites for hydroxylation is 2. The van der Waals surface area contributed by atoms with Crippen LogP contribution in [-0.2, 0) is 7.05 Å². The number of hydrogen-bond acceptors (Lipinski definition) is 4. The van der Waals surface area contributed by atoms with Crippen LogP contribution in [0, 0.1) is 12.7 Å². The number of nitrogens with zero attached hydrogens (tertiary/aromatic N) is 5. The lowest BCUT2D eigenvalue weighted by Crippen LogP contribution is -2.37. The Labute approximate surface area is 167 Å². The van der Waals surface area contributed by atoms with Gasteiger partial charge in [0.1, 0.15) is 5.82 Å². The van der Waals surface area contributed by atoms with Crippen molar-refractivity contribution in [1.82, 2.24) is 24.6 Å². The van der Waals surface area contributed by atoms with Crippen molar-refractivity contribution in [3.63, 3.8) is 0 Å². The normalized spacial score (nSPS) is 14.9. The molecule has 1 fully saturated rings. The van der Waals surface area contributed by atoms with Crippen LogP contribution in [0.1, 0.15) is 32.8 Å². The van der Waals surface area contributed by atoms with E-state index in [4.69, 9.17) is 0 Å². The summed E-state index contributed by atoms with van der Waals surface area (Å²) in [5, 5.41) is 5.19. The molecule has 0 radical (unpaired) electrons. The number of pyridine rings is 1. The predicted molar refractivity (Wildman–Crippen MR) is 106 cm³/mol. The van der Waals surface area contributed by atoms with E-state index in [0.717, 1.165) is 16.7 Å². The molecule has 150 valence electrons. The molecule has 2 aromatic heterocycles. The summed E-state index contributed by atoms with van der Waals surface area (Å²) < 4.78 is 15.7. The lowest BCUT2D eigenvalue weighted by Gasteiger charge is -2.22. The molecule has 0 atom stereocenters. The first-order valence-corrected chi connectivity index (χ1v) is 9.58. The van der Waals surface area contributed by atoms with Crippen LogP contribution in [-0.4, -0.2) is 62.6 Å². The second-order valence-corrected chi connectivity index (χ2v) is 7.22. The van der Waals surface area contributed by atoms with E-state index < -0.39 is 5.82 Å². The maximum absolute atomic E-state index is 14.0. The van der Waals surface area contributed by atoms with Crippen molar-refractivity contribution in [3.8, 4) is 0 Å². The molecule has 29 heavy (non-hydrogen) atoms. The summed E-state index contributed by atoms with van der Waals surface area (Å²) in [6.45, 7) is 3.65. The highest BCUT2D eigenvalue weighted by molar-refractivity contribution is 5.97. The number of carbonyl (C=O) groups is 2. The molecule has 2 amide bonds. The fraction of sp³-hybridized carbons (Fsp3) is 0.333. The second-order valence-electron chi connectivity index (χ2n) is 7.22. The third-order valence-electron chi connectivity index (χ3n) is 5.28. The summed E-state index contributed by atoms with van der Waals surface area (Å²) in [6.07, 6.45) is 2.20. The number of fused-ring (bicyclic) bond motifs is 1. The molecule has 0 aliphatic carbocycles. The minimum Gasteiger partial charge on any atom is -0.337 e. The number of aromatic nitrogens is 3. The fourth-order valence-corrected chi connectivity index (χ4v) is 3.74. The summed E-state index contributed by atoms with van der Waals surface area (Å²) in [5.41, 5.74) is 2.12. The Bertz CT molecular complexity index is 1090. The Morgan fingerprint density at radius 2 is 1.72 bits per heavy atom. The van der Waals surface area contributed by atoms with Crippen molar-refractivity contribution in [3.05, 3.63) is 59.2 Å². The van der Waals surface area contributed by atoms with E-state index >= 15 is 0 Å². The van der Waals surface area contributed by atoms with E-state index in [1.54, 1.807) is 32.8 Å². The van der Waals surface area contributed by atoms with Crippen LogP contribution in [0.3, 0.4) is 0 Å². The summed E-state index contributed by atoms with van der Waals surface area (Å²) in [5.74, 6) is -0.991. The van der Waals surface area contributed by atoms with Crippen molar-refractivity contribution >= 4 is 22.8 Å². The van der Waals surface area contributed by atoms with E-state index in [1.165, 1.54) is 12.1 Å². The molecule has 7 nitrogen and oxygen atoms in total.